The molecule has 3 aromatic rings. The SMILES string of the molecule is COc1cc2nc(Cc3ccc(C#N)cc3)[nH]c(=O)c2cc1OC. The highest BCUT2D eigenvalue weighted by Gasteiger charge is 2.11. The van der Waals surface area contributed by atoms with Crippen LogP contribution in [-0.2, 0) is 6.42 Å². The summed E-state index contributed by atoms with van der Waals surface area (Å²) in [5.41, 5.74) is 1.86. The number of nitriles is 1. The van der Waals surface area contributed by atoms with E-state index in [0.29, 0.717) is 40.2 Å². The predicted octanol–water partition coefficient (Wildman–Crippen LogP) is 2.40. The van der Waals surface area contributed by atoms with E-state index in [9.17, 15) is 4.79 Å². The molecule has 6 nitrogen and oxygen atoms in total. The van der Waals surface area contributed by atoms with Gasteiger partial charge in [-0.1, -0.05) is 12.1 Å². The van der Waals surface area contributed by atoms with Crippen LogP contribution >= 0.6 is 0 Å². The molecule has 120 valence electrons. The number of rotatable bonds is 4. The lowest BCUT2D eigenvalue weighted by atomic mass is 10.1. The van der Waals surface area contributed by atoms with Gasteiger partial charge in [-0.3, -0.25) is 4.79 Å². The van der Waals surface area contributed by atoms with E-state index >= 15 is 0 Å². The molecule has 2 aromatic carbocycles. The van der Waals surface area contributed by atoms with Crippen LogP contribution in [0.4, 0.5) is 0 Å². The van der Waals surface area contributed by atoms with E-state index in [2.05, 4.69) is 16.0 Å². The molecule has 0 bridgehead atoms. The van der Waals surface area contributed by atoms with E-state index in [4.69, 9.17) is 14.7 Å². The second-order valence-corrected chi connectivity index (χ2v) is 5.22. The average molecular weight is 321 g/mol. The summed E-state index contributed by atoms with van der Waals surface area (Å²) in [6, 6.07) is 12.5. The molecular weight excluding hydrogens is 306 g/mol. The fourth-order valence-corrected chi connectivity index (χ4v) is 2.49. The molecule has 0 fully saturated rings. The van der Waals surface area contributed by atoms with Crippen LogP contribution < -0.4 is 15.0 Å². The molecule has 6 heteroatoms. The number of H-pyrrole nitrogens is 1. The summed E-state index contributed by atoms with van der Waals surface area (Å²) >= 11 is 0. The van der Waals surface area contributed by atoms with Crippen molar-refractivity contribution in [1.82, 2.24) is 9.97 Å². The Balaban J connectivity index is 2.03. The summed E-state index contributed by atoms with van der Waals surface area (Å²) in [6.07, 6.45) is 0.464. The van der Waals surface area contributed by atoms with E-state index in [1.165, 1.54) is 14.2 Å². The van der Waals surface area contributed by atoms with Crippen molar-refractivity contribution in [3.8, 4) is 17.6 Å². The summed E-state index contributed by atoms with van der Waals surface area (Å²) in [7, 11) is 3.05. The molecule has 0 atom stereocenters. The highest BCUT2D eigenvalue weighted by atomic mass is 16.5. The molecule has 0 saturated heterocycles. The van der Waals surface area contributed by atoms with Crippen LogP contribution in [0.15, 0.2) is 41.2 Å². The third kappa shape index (κ3) is 2.92. The normalized spacial score (nSPS) is 10.4. The molecule has 1 N–H and O–H groups in total. The third-order valence-electron chi connectivity index (χ3n) is 3.71. The molecule has 0 radical (unpaired) electrons. The summed E-state index contributed by atoms with van der Waals surface area (Å²) in [6.45, 7) is 0. The number of benzene rings is 2. The first-order chi connectivity index (χ1) is 11.6. The zero-order chi connectivity index (χ0) is 17.1. The van der Waals surface area contributed by atoms with Gasteiger partial charge in [0.2, 0.25) is 0 Å². The molecular formula is C18H15N3O3. The van der Waals surface area contributed by atoms with Gasteiger partial charge in [0.1, 0.15) is 5.82 Å². The van der Waals surface area contributed by atoms with Crippen molar-refractivity contribution in [2.45, 2.75) is 6.42 Å². The Morgan fingerprint density at radius 3 is 2.42 bits per heavy atom. The maximum atomic E-state index is 12.3. The van der Waals surface area contributed by atoms with Gasteiger partial charge >= 0.3 is 0 Å². The van der Waals surface area contributed by atoms with Gasteiger partial charge < -0.3 is 14.5 Å². The van der Waals surface area contributed by atoms with Crippen LogP contribution in [-0.4, -0.2) is 24.2 Å². The maximum absolute atomic E-state index is 12.3. The molecule has 0 aliphatic rings. The van der Waals surface area contributed by atoms with E-state index in [1.54, 1.807) is 24.3 Å². The Morgan fingerprint density at radius 1 is 1.12 bits per heavy atom. The first-order valence-corrected chi connectivity index (χ1v) is 7.28. The van der Waals surface area contributed by atoms with Crippen LogP contribution in [0.25, 0.3) is 10.9 Å². The van der Waals surface area contributed by atoms with Crippen LogP contribution in [0.2, 0.25) is 0 Å². The number of nitrogens with zero attached hydrogens (tertiary/aromatic N) is 2. The zero-order valence-corrected chi connectivity index (χ0v) is 13.3. The van der Waals surface area contributed by atoms with Gasteiger partial charge in [0.15, 0.2) is 11.5 Å². The molecule has 1 heterocycles. The minimum Gasteiger partial charge on any atom is -0.493 e. The van der Waals surface area contributed by atoms with E-state index in [1.807, 2.05) is 12.1 Å². The summed E-state index contributed by atoms with van der Waals surface area (Å²) in [5.74, 6) is 1.55. The van der Waals surface area contributed by atoms with Gasteiger partial charge in [-0.2, -0.15) is 5.26 Å². The standard InChI is InChI=1S/C18H15N3O3/c1-23-15-8-13-14(9-16(15)24-2)20-17(21-18(13)22)7-11-3-5-12(10-19)6-4-11/h3-6,8-9H,7H2,1-2H3,(H,20,21,22). The van der Waals surface area contributed by atoms with Gasteiger partial charge in [-0.25, -0.2) is 4.98 Å². The molecule has 24 heavy (non-hydrogen) atoms. The zero-order valence-electron chi connectivity index (χ0n) is 13.3. The Morgan fingerprint density at radius 2 is 1.79 bits per heavy atom. The van der Waals surface area contributed by atoms with Gasteiger partial charge in [0, 0.05) is 12.5 Å². The number of hydrogen-bond donors (Lipinski definition) is 1. The predicted molar refractivity (Wildman–Crippen MR) is 89.4 cm³/mol. The topological polar surface area (TPSA) is 88.0 Å². The molecule has 1 aromatic heterocycles. The van der Waals surface area contributed by atoms with Gasteiger partial charge in [-0.05, 0) is 23.8 Å². The number of aromatic nitrogens is 2. The molecule has 0 unspecified atom stereocenters. The van der Waals surface area contributed by atoms with E-state index < -0.39 is 0 Å². The summed E-state index contributed by atoms with van der Waals surface area (Å²) < 4.78 is 10.5. The van der Waals surface area contributed by atoms with E-state index in [0.717, 1.165) is 5.56 Å². The van der Waals surface area contributed by atoms with Crippen molar-refractivity contribution < 1.29 is 9.47 Å². The van der Waals surface area contributed by atoms with Gasteiger partial charge in [-0.15, -0.1) is 0 Å². The highest BCUT2D eigenvalue weighted by Crippen LogP contribution is 2.29. The molecule has 3 rings (SSSR count). The minimum absolute atomic E-state index is 0.232. The molecule has 0 aliphatic heterocycles. The van der Waals surface area contributed by atoms with Crippen molar-refractivity contribution in [1.29, 1.82) is 5.26 Å². The largest absolute Gasteiger partial charge is 0.493 e. The van der Waals surface area contributed by atoms with Crippen molar-refractivity contribution in [2.75, 3.05) is 14.2 Å². The van der Waals surface area contributed by atoms with Gasteiger partial charge in [0.05, 0.1) is 36.8 Å². The lowest BCUT2D eigenvalue weighted by molar-refractivity contribution is 0.355. The Bertz CT molecular complexity index is 985. The quantitative estimate of drug-likeness (QED) is 0.797. The van der Waals surface area contributed by atoms with Crippen molar-refractivity contribution in [3.05, 3.63) is 63.7 Å². The lowest BCUT2D eigenvalue weighted by Gasteiger charge is -2.09. The van der Waals surface area contributed by atoms with Gasteiger partial charge in [0.25, 0.3) is 5.56 Å². The second-order valence-electron chi connectivity index (χ2n) is 5.22. The van der Waals surface area contributed by atoms with Crippen molar-refractivity contribution >= 4 is 10.9 Å². The monoisotopic (exact) mass is 321 g/mol. The fraction of sp³-hybridized carbons (Fsp3) is 0.167. The fourth-order valence-electron chi connectivity index (χ4n) is 2.49. The Hall–Kier alpha value is -3.33. The second kappa shape index (κ2) is 6.42. The van der Waals surface area contributed by atoms with Crippen LogP contribution in [0, 0.1) is 11.3 Å². The first kappa shape index (κ1) is 15.6. The number of methoxy groups -OCH3 is 2. The van der Waals surface area contributed by atoms with Crippen LogP contribution in [0.1, 0.15) is 17.0 Å². The highest BCUT2D eigenvalue weighted by molar-refractivity contribution is 5.81. The molecule has 0 saturated carbocycles. The number of aromatic amines is 1. The Kier molecular flexibility index (Phi) is 4.17. The number of fused-ring (bicyclic) bond motifs is 1. The lowest BCUT2D eigenvalue weighted by Crippen LogP contribution is -2.12. The maximum Gasteiger partial charge on any atom is 0.258 e. The average Bonchev–Trinajstić information content (AvgIpc) is 2.61. The first-order valence-electron chi connectivity index (χ1n) is 7.28. The number of hydrogen-bond acceptors (Lipinski definition) is 5. The van der Waals surface area contributed by atoms with Crippen LogP contribution in [0.5, 0.6) is 11.5 Å². The Labute approximate surface area is 138 Å². The van der Waals surface area contributed by atoms with E-state index in [-0.39, 0.29) is 5.56 Å². The summed E-state index contributed by atoms with van der Waals surface area (Å²) in [4.78, 5) is 19.6. The van der Waals surface area contributed by atoms with Crippen molar-refractivity contribution in [3.63, 3.8) is 0 Å². The number of nitrogens with one attached hydrogen (secondary N) is 1. The molecule has 0 spiro atoms. The number of ether oxygens (including phenoxy) is 2. The summed E-state index contributed by atoms with van der Waals surface area (Å²) in [5, 5.41) is 9.27. The van der Waals surface area contributed by atoms with Crippen molar-refractivity contribution in [2.24, 2.45) is 0 Å². The third-order valence-corrected chi connectivity index (χ3v) is 3.71. The van der Waals surface area contributed by atoms with Crippen LogP contribution in [0.3, 0.4) is 0 Å². The minimum atomic E-state index is -0.232. The smallest absolute Gasteiger partial charge is 0.258 e. The molecule has 0 amide bonds. The molecule has 0 aliphatic carbocycles.